The molecule has 0 heterocycles. The zero-order valence-electron chi connectivity index (χ0n) is 12.1. The average Bonchev–Trinajstić information content (AvgIpc) is 2.38. The molecular formula is C15H22N2O3. The molecule has 2 unspecified atom stereocenters. The number of nitro groups is 1. The van der Waals surface area contributed by atoms with Crippen molar-refractivity contribution in [2.75, 3.05) is 11.9 Å². The molecular weight excluding hydrogens is 256 g/mol. The van der Waals surface area contributed by atoms with Crippen molar-refractivity contribution in [3.8, 4) is 0 Å². The van der Waals surface area contributed by atoms with Crippen LogP contribution in [0.3, 0.4) is 0 Å². The highest BCUT2D eigenvalue weighted by atomic mass is 16.6. The summed E-state index contributed by atoms with van der Waals surface area (Å²) in [5.74, 6) is 0.521. The molecule has 0 aliphatic heterocycles. The summed E-state index contributed by atoms with van der Waals surface area (Å²) in [6.45, 7) is 4.07. The molecule has 0 amide bonds. The van der Waals surface area contributed by atoms with Crippen LogP contribution in [0.5, 0.6) is 0 Å². The van der Waals surface area contributed by atoms with E-state index in [1.54, 1.807) is 12.1 Å². The number of benzene rings is 1. The molecule has 20 heavy (non-hydrogen) atoms. The third kappa shape index (κ3) is 3.10. The van der Waals surface area contributed by atoms with E-state index in [-0.39, 0.29) is 17.2 Å². The van der Waals surface area contributed by atoms with Crippen LogP contribution in [0.2, 0.25) is 0 Å². The molecule has 1 aliphatic carbocycles. The van der Waals surface area contributed by atoms with E-state index in [0.29, 0.717) is 11.6 Å². The highest BCUT2D eigenvalue weighted by molar-refractivity contribution is 5.64. The number of hydrogen-bond donors (Lipinski definition) is 2. The second kappa shape index (κ2) is 5.79. The summed E-state index contributed by atoms with van der Waals surface area (Å²) in [4.78, 5) is 10.8. The largest absolute Gasteiger partial charge is 0.394 e. The van der Waals surface area contributed by atoms with Crippen molar-refractivity contribution in [3.05, 3.63) is 33.9 Å². The van der Waals surface area contributed by atoms with E-state index in [1.807, 2.05) is 6.92 Å². The van der Waals surface area contributed by atoms with Gasteiger partial charge in [0, 0.05) is 6.07 Å². The lowest BCUT2D eigenvalue weighted by molar-refractivity contribution is -0.384. The second-order valence-corrected chi connectivity index (χ2v) is 6.04. The summed E-state index contributed by atoms with van der Waals surface area (Å²) in [6.07, 6.45) is 3.88. The molecule has 2 N–H and O–H groups in total. The average molecular weight is 278 g/mol. The minimum atomic E-state index is -0.434. The second-order valence-electron chi connectivity index (χ2n) is 6.04. The van der Waals surface area contributed by atoms with Crippen LogP contribution in [0, 0.1) is 23.0 Å². The lowest BCUT2D eigenvalue weighted by Gasteiger charge is -2.40. The number of aliphatic hydroxyl groups is 1. The summed E-state index contributed by atoms with van der Waals surface area (Å²) >= 11 is 0. The van der Waals surface area contributed by atoms with Crippen LogP contribution in [0.1, 0.15) is 38.2 Å². The van der Waals surface area contributed by atoms with Crippen LogP contribution < -0.4 is 5.32 Å². The van der Waals surface area contributed by atoms with Crippen molar-refractivity contribution in [2.45, 2.75) is 45.1 Å². The van der Waals surface area contributed by atoms with Crippen molar-refractivity contribution in [1.82, 2.24) is 0 Å². The molecule has 110 valence electrons. The molecule has 1 fully saturated rings. The van der Waals surface area contributed by atoms with E-state index >= 15 is 0 Å². The Bertz CT molecular complexity index is 504. The quantitative estimate of drug-likeness (QED) is 0.654. The van der Waals surface area contributed by atoms with E-state index in [1.165, 1.54) is 6.07 Å². The summed E-state index contributed by atoms with van der Waals surface area (Å²) in [5.41, 5.74) is 1.12. The van der Waals surface area contributed by atoms with Gasteiger partial charge in [-0.15, -0.1) is 0 Å². The number of hydrogen-bond acceptors (Lipinski definition) is 4. The van der Waals surface area contributed by atoms with Gasteiger partial charge >= 0.3 is 0 Å². The van der Waals surface area contributed by atoms with Crippen molar-refractivity contribution in [2.24, 2.45) is 5.92 Å². The molecule has 0 radical (unpaired) electrons. The minimum absolute atomic E-state index is 0.00242. The zero-order chi connectivity index (χ0) is 14.8. The fourth-order valence-corrected chi connectivity index (χ4v) is 3.15. The molecule has 2 rings (SSSR count). The van der Waals surface area contributed by atoms with Gasteiger partial charge in [0.2, 0.25) is 0 Å². The molecule has 5 heteroatoms. The van der Waals surface area contributed by atoms with Gasteiger partial charge in [-0.25, -0.2) is 0 Å². The highest BCUT2D eigenvalue weighted by Gasteiger charge is 2.35. The van der Waals surface area contributed by atoms with Gasteiger partial charge in [0.15, 0.2) is 0 Å². The summed E-state index contributed by atoms with van der Waals surface area (Å²) in [5, 5.41) is 24.2. The fraction of sp³-hybridized carbons (Fsp3) is 0.600. The van der Waals surface area contributed by atoms with Crippen molar-refractivity contribution >= 4 is 11.4 Å². The van der Waals surface area contributed by atoms with Gasteiger partial charge in [-0.1, -0.05) is 25.8 Å². The number of nitro benzene ring substituents is 1. The van der Waals surface area contributed by atoms with Gasteiger partial charge in [-0.2, -0.15) is 0 Å². The van der Waals surface area contributed by atoms with Gasteiger partial charge in [0.05, 0.1) is 17.1 Å². The first kappa shape index (κ1) is 14.8. The third-order valence-electron chi connectivity index (χ3n) is 4.14. The molecule has 1 saturated carbocycles. The SMILES string of the molecule is Cc1ccc([N+](=O)[O-])c(NC2(CO)CCCC(C)C2)c1. The minimum Gasteiger partial charge on any atom is -0.394 e. The van der Waals surface area contributed by atoms with Gasteiger partial charge in [0.1, 0.15) is 5.69 Å². The summed E-state index contributed by atoms with van der Waals surface area (Å²) < 4.78 is 0. The maximum absolute atomic E-state index is 11.1. The summed E-state index contributed by atoms with van der Waals surface area (Å²) in [6, 6.07) is 5.04. The molecule has 0 spiro atoms. The number of aliphatic hydroxyl groups excluding tert-OH is 1. The monoisotopic (exact) mass is 278 g/mol. The number of aryl methyl sites for hydroxylation is 1. The van der Waals surface area contributed by atoms with Crippen LogP contribution >= 0.6 is 0 Å². The molecule has 1 aliphatic rings. The smallest absolute Gasteiger partial charge is 0.292 e. The number of rotatable bonds is 4. The van der Waals surface area contributed by atoms with Gasteiger partial charge < -0.3 is 10.4 Å². The van der Waals surface area contributed by atoms with Crippen molar-refractivity contribution in [1.29, 1.82) is 0 Å². The van der Waals surface area contributed by atoms with Gasteiger partial charge in [-0.3, -0.25) is 10.1 Å². The van der Waals surface area contributed by atoms with Gasteiger partial charge in [-0.05, 0) is 37.3 Å². The normalized spacial score (nSPS) is 26.2. The molecule has 0 bridgehead atoms. The van der Waals surface area contributed by atoms with Crippen LogP contribution in [-0.2, 0) is 0 Å². The van der Waals surface area contributed by atoms with Gasteiger partial charge in [0.25, 0.3) is 5.69 Å². The Hall–Kier alpha value is -1.62. The van der Waals surface area contributed by atoms with Crippen molar-refractivity contribution in [3.63, 3.8) is 0 Å². The molecule has 1 aromatic rings. The molecule has 5 nitrogen and oxygen atoms in total. The van der Waals surface area contributed by atoms with Crippen LogP contribution in [-0.4, -0.2) is 22.2 Å². The van der Waals surface area contributed by atoms with Crippen LogP contribution in [0.4, 0.5) is 11.4 Å². The molecule has 0 saturated heterocycles. The first-order chi connectivity index (χ1) is 9.46. The number of nitrogens with zero attached hydrogens (tertiary/aromatic N) is 1. The van der Waals surface area contributed by atoms with E-state index in [4.69, 9.17) is 0 Å². The number of nitrogens with one attached hydrogen (secondary N) is 1. The Balaban J connectivity index is 2.31. The molecule has 1 aromatic carbocycles. The Labute approximate surface area is 119 Å². The first-order valence-electron chi connectivity index (χ1n) is 7.10. The predicted octanol–water partition coefficient (Wildman–Crippen LogP) is 3.26. The Morgan fingerprint density at radius 2 is 2.30 bits per heavy atom. The lowest BCUT2D eigenvalue weighted by Crippen LogP contribution is -2.46. The van der Waals surface area contributed by atoms with E-state index < -0.39 is 5.54 Å². The number of anilines is 1. The zero-order valence-corrected chi connectivity index (χ0v) is 12.1. The third-order valence-corrected chi connectivity index (χ3v) is 4.14. The Kier molecular flexibility index (Phi) is 4.28. The Morgan fingerprint density at radius 3 is 2.90 bits per heavy atom. The standard InChI is InChI=1S/C15H22N2O3/c1-11-5-6-14(17(19)20)13(8-11)16-15(10-18)7-3-4-12(2)9-15/h5-6,8,12,16,18H,3-4,7,9-10H2,1-2H3. The van der Waals surface area contributed by atoms with E-state index in [9.17, 15) is 15.2 Å². The summed E-state index contributed by atoms with van der Waals surface area (Å²) in [7, 11) is 0. The fourth-order valence-electron chi connectivity index (χ4n) is 3.15. The maximum Gasteiger partial charge on any atom is 0.292 e. The predicted molar refractivity (Wildman–Crippen MR) is 78.9 cm³/mol. The van der Waals surface area contributed by atoms with E-state index in [0.717, 1.165) is 31.2 Å². The maximum atomic E-state index is 11.1. The highest BCUT2D eigenvalue weighted by Crippen LogP contribution is 2.37. The van der Waals surface area contributed by atoms with Crippen LogP contribution in [0.15, 0.2) is 18.2 Å². The van der Waals surface area contributed by atoms with Crippen LogP contribution in [0.25, 0.3) is 0 Å². The molecule has 2 atom stereocenters. The lowest BCUT2D eigenvalue weighted by atomic mass is 9.76. The van der Waals surface area contributed by atoms with E-state index in [2.05, 4.69) is 12.2 Å². The topological polar surface area (TPSA) is 75.4 Å². The molecule has 0 aromatic heterocycles. The Morgan fingerprint density at radius 1 is 1.55 bits per heavy atom. The first-order valence-corrected chi connectivity index (χ1v) is 7.10. The van der Waals surface area contributed by atoms with Crippen molar-refractivity contribution < 1.29 is 10.0 Å².